The molecule has 1 aliphatic carbocycles. The van der Waals surface area contributed by atoms with Crippen LogP contribution in [-0.4, -0.2) is 20.5 Å². The fraction of sp³-hybridized carbons (Fsp3) is 0.211. The zero-order valence-corrected chi connectivity index (χ0v) is 16.4. The maximum absolute atomic E-state index is 13.2. The molecule has 3 aromatic rings. The summed E-state index contributed by atoms with van der Waals surface area (Å²) < 4.78 is 1.72. The third-order valence-electron chi connectivity index (χ3n) is 5.06. The van der Waals surface area contributed by atoms with Crippen molar-refractivity contribution in [1.82, 2.24) is 14.8 Å². The van der Waals surface area contributed by atoms with Gasteiger partial charge in [-0.25, -0.2) is 4.68 Å². The molecule has 0 unspecified atom stereocenters. The zero-order chi connectivity index (χ0) is 18.5. The van der Waals surface area contributed by atoms with Gasteiger partial charge in [0, 0.05) is 44.1 Å². The van der Waals surface area contributed by atoms with Gasteiger partial charge in [-0.15, -0.1) is 11.3 Å². The van der Waals surface area contributed by atoms with Gasteiger partial charge in [0.25, 0.3) is 0 Å². The van der Waals surface area contributed by atoms with Crippen LogP contribution in [0.25, 0.3) is 0 Å². The van der Waals surface area contributed by atoms with Crippen LogP contribution in [0.4, 0.5) is 5.95 Å². The van der Waals surface area contributed by atoms with E-state index in [1.807, 2.05) is 17.5 Å². The van der Waals surface area contributed by atoms with Crippen molar-refractivity contribution in [1.29, 1.82) is 0 Å². The first kappa shape index (κ1) is 17.0. The molecule has 0 bridgehead atoms. The van der Waals surface area contributed by atoms with Crippen molar-refractivity contribution >= 4 is 46.3 Å². The molecule has 27 heavy (non-hydrogen) atoms. The SMILES string of the molecule is O=C1C[C@@H](c2cccs2)CC2=C1[C@H](c1ccc(Cl)cc1Cl)n1ncnc1N2. The predicted octanol–water partition coefficient (Wildman–Crippen LogP) is 5.06. The minimum absolute atomic E-state index is 0.110. The summed E-state index contributed by atoms with van der Waals surface area (Å²) in [4.78, 5) is 18.7. The highest BCUT2D eigenvalue weighted by atomic mass is 35.5. The fourth-order valence-electron chi connectivity index (χ4n) is 3.89. The standard InChI is InChI=1S/C19H14Cl2N4OS/c20-11-3-4-12(13(21)8-11)18-17-14(24-19-22-9-23-25(18)19)6-10(7-15(17)26)16-2-1-5-27-16/h1-5,8-10,18H,6-7H2,(H,22,23,24)/t10-,18-/m0/s1. The Hall–Kier alpha value is -2.15. The lowest BCUT2D eigenvalue weighted by Crippen LogP contribution is -2.33. The van der Waals surface area contributed by atoms with Crippen LogP contribution in [0.5, 0.6) is 0 Å². The zero-order valence-electron chi connectivity index (χ0n) is 14.0. The Kier molecular flexibility index (Phi) is 4.07. The van der Waals surface area contributed by atoms with Gasteiger partial charge in [-0.3, -0.25) is 4.79 Å². The summed E-state index contributed by atoms with van der Waals surface area (Å²) in [6, 6.07) is 9.04. The molecule has 8 heteroatoms. The van der Waals surface area contributed by atoms with E-state index in [0.717, 1.165) is 17.7 Å². The third-order valence-corrected chi connectivity index (χ3v) is 6.66. The van der Waals surface area contributed by atoms with Crippen LogP contribution in [0, 0.1) is 0 Å². The molecule has 0 saturated carbocycles. The van der Waals surface area contributed by atoms with E-state index in [2.05, 4.69) is 21.5 Å². The number of aromatic nitrogens is 3. The smallest absolute Gasteiger partial charge is 0.226 e. The molecular weight excluding hydrogens is 403 g/mol. The summed E-state index contributed by atoms with van der Waals surface area (Å²) in [7, 11) is 0. The highest BCUT2D eigenvalue weighted by molar-refractivity contribution is 7.10. The van der Waals surface area contributed by atoms with Crippen molar-refractivity contribution in [2.45, 2.75) is 24.8 Å². The number of allylic oxidation sites excluding steroid dienone is 2. The summed E-state index contributed by atoms with van der Waals surface area (Å²) in [6.45, 7) is 0. The number of carbonyl (C=O) groups is 1. The Balaban J connectivity index is 1.65. The lowest BCUT2D eigenvalue weighted by Gasteiger charge is -2.35. The second kappa shape index (κ2) is 6.48. The topological polar surface area (TPSA) is 59.8 Å². The van der Waals surface area contributed by atoms with E-state index in [1.165, 1.54) is 11.2 Å². The van der Waals surface area contributed by atoms with Gasteiger partial charge in [0.2, 0.25) is 5.95 Å². The molecule has 3 heterocycles. The summed E-state index contributed by atoms with van der Waals surface area (Å²) in [5.41, 5.74) is 2.41. The van der Waals surface area contributed by atoms with E-state index in [4.69, 9.17) is 23.2 Å². The van der Waals surface area contributed by atoms with E-state index in [0.29, 0.717) is 28.0 Å². The Bertz CT molecular complexity index is 1070. The Morgan fingerprint density at radius 3 is 2.89 bits per heavy atom. The van der Waals surface area contributed by atoms with Crippen LogP contribution >= 0.6 is 34.5 Å². The van der Waals surface area contributed by atoms with Crippen LogP contribution in [0.1, 0.15) is 35.2 Å². The van der Waals surface area contributed by atoms with Gasteiger partial charge in [0.15, 0.2) is 5.78 Å². The second-order valence-electron chi connectivity index (χ2n) is 6.66. The van der Waals surface area contributed by atoms with Gasteiger partial charge in [0.05, 0.1) is 0 Å². The average molecular weight is 417 g/mol. The molecule has 0 spiro atoms. The number of anilines is 1. The molecular formula is C19H14Cl2N4OS. The third kappa shape index (κ3) is 2.79. The lowest BCUT2D eigenvalue weighted by molar-refractivity contribution is -0.116. The number of Topliss-reactive ketones (excluding diaryl/α,β-unsaturated/α-hetero) is 1. The van der Waals surface area contributed by atoms with Crippen molar-refractivity contribution in [2.75, 3.05) is 5.32 Å². The maximum atomic E-state index is 13.2. The molecule has 136 valence electrons. The number of fused-ring (bicyclic) bond motifs is 1. The van der Waals surface area contributed by atoms with Crippen LogP contribution in [0.3, 0.4) is 0 Å². The average Bonchev–Trinajstić information content (AvgIpc) is 3.32. The minimum atomic E-state index is -0.402. The Labute approximate surface area is 169 Å². The Morgan fingerprint density at radius 1 is 1.22 bits per heavy atom. The molecule has 5 nitrogen and oxygen atoms in total. The number of benzene rings is 1. The van der Waals surface area contributed by atoms with E-state index < -0.39 is 6.04 Å². The van der Waals surface area contributed by atoms with E-state index >= 15 is 0 Å². The van der Waals surface area contributed by atoms with Gasteiger partial charge < -0.3 is 5.32 Å². The number of carbonyl (C=O) groups excluding carboxylic acids is 1. The molecule has 0 saturated heterocycles. The van der Waals surface area contributed by atoms with Crippen LogP contribution in [0.2, 0.25) is 10.0 Å². The highest BCUT2D eigenvalue weighted by Crippen LogP contribution is 2.45. The quantitative estimate of drug-likeness (QED) is 0.633. The monoisotopic (exact) mass is 416 g/mol. The number of hydrogen-bond acceptors (Lipinski definition) is 5. The van der Waals surface area contributed by atoms with Gasteiger partial charge >= 0.3 is 0 Å². The fourth-order valence-corrected chi connectivity index (χ4v) is 5.23. The van der Waals surface area contributed by atoms with E-state index in [9.17, 15) is 4.79 Å². The molecule has 2 aliphatic rings. The van der Waals surface area contributed by atoms with Crippen molar-refractivity contribution in [3.8, 4) is 0 Å². The summed E-state index contributed by atoms with van der Waals surface area (Å²) >= 11 is 14.2. The lowest BCUT2D eigenvalue weighted by atomic mass is 9.80. The summed E-state index contributed by atoms with van der Waals surface area (Å²) in [6.07, 6.45) is 2.72. The summed E-state index contributed by atoms with van der Waals surface area (Å²) in [5.74, 6) is 0.906. The Morgan fingerprint density at radius 2 is 2.11 bits per heavy atom. The number of ketones is 1. The number of nitrogens with one attached hydrogen (secondary N) is 1. The number of hydrogen-bond donors (Lipinski definition) is 1. The minimum Gasteiger partial charge on any atom is -0.328 e. The van der Waals surface area contributed by atoms with E-state index in [1.54, 1.807) is 28.2 Å². The van der Waals surface area contributed by atoms with Crippen LogP contribution < -0.4 is 5.32 Å². The molecule has 1 aliphatic heterocycles. The first-order chi connectivity index (χ1) is 13.1. The predicted molar refractivity (Wildman–Crippen MR) is 107 cm³/mol. The normalized spacial score (nSPS) is 21.6. The van der Waals surface area contributed by atoms with Crippen LogP contribution in [-0.2, 0) is 4.79 Å². The molecule has 1 aromatic carbocycles. The van der Waals surface area contributed by atoms with Crippen molar-refractivity contribution in [3.05, 3.63) is 73.8 Å². The molecule has 2 atom stereocenters. The number of thiophene rings is 1. The van der Waals surface area contributed by atoms with Gasteiger partial charge in [-0.05, 0) is 30.0 Å². The molecule has 5 rings (SSSR count). The highest BCUT2D eigenvalue weighted by Gasteiger charge is 2.40. The van der Waals surface area contributed by atoms with Gasteiger partial charge in [0.1, 0.15) is 12.4 Å². The number of rotatable bonds is 2. The van der Waals surface area contributed by atoms with Crippen molar-refractivity contribution in [2.24, 2.45) is 0 Å². The summed E-state index contributed by atoms with van der Waals surface area (Å²) in [5, 5.41) is 10.8. The van der Waals surface area contributed by atoms with Gasteiger partial charge in [-0.2, -0.15) is 10.1 Å². The second-order valence-corrected chi connectivity index (χ2v) is 8.48. The number of halogens is 2. The van der Waals surface area contributed by atoms with E-state index in [-0.39, 0.29) is 11.7 Å². The number of nitrogens with zero attached hydrogens (tertiary/aromatic N) is 3. The first-order valence-corrected chi connectivity index (χ1v) is 10.2. The van der Waals surface area contributed by atoms with Crippen molar-refractivity contribution in [3.63, 3.8) is 0 Å². The van der Waals surface area contributed by atoms with Gasteiger partial charge in [-0.1, -0.05) is 35.3 Å². The van der Waals surface area contributed by atoms with Crippen molar-refractivity contribution < 1.29 is 4.79 Å². The molecule has 1 N–H and O–H groups in total. The molecule has 0 amide bonds. The maximum Gasteiger partial charge on any atom is 0.226 e. The molecule has 2 aromatic heterocycles. The molecule has 0 radical (unpaired) electrons. The van der Waals surface area contributed by atoms with Crippen LogP contribution in [0.15, 0.2) is 53.3 Å². The first-order valence-electron chi connectivity index (χ1n) is 8.53. The largest absolute Gasteiger partial charge is 0.328 e. The molecule has 0 fully saturated rings.